The van der Waals surface area contributed by atoms with E-state index < -0.39 is 10.0 Å². The Morgan fingerprint density at radius 1 is 1.15 bits per heavy atom. The number of benzene rings is 1. The maximum Gasteiger partial charge on any atom is 0.243 e. The lowest BCUT2D eigenvalue weighted by Gasteiger charge is -2.25. The monoisotopic (exact) mass is 510 g/mol. The van der Waals surface area contributed by atoms with Crippen LogP contribution in [-0.2, 0) is 21.3 Å². The molecule has 0 atom stereocenters. The Bertz CT molecular complexity index is 674. The van der Waals surface area contributed by atoms with Crippen LogP contribution in [0.1, 0.15) is 31.7 Å². The first-order valence-corrected chi connectivity index (χ1v) is 10.6. The van der Waals surface area contributed by atoms with Crippen LogP contribution in [0.5, 0.6) is 0 Å². The second kappa shape index (κ2) is 12.5. The lowest BCUT2D eigenvalue weighted by atomic mass is 10.2. The zero-order valence-electron chi connectivity index (χ0n) is 16.1. The van der Waals surface area contributed by atoms with Gasteiger partial charge in [-0.2, -0.15) is 4.31 Å². The van der Waals surface area contributed by atoms with Gasteiger partial charge >= 0.3 is 0 Å². The summed E-state index contributed by atoms with van der Waals surface area (Å²) in [5.74, 6) is 0.690. The molecule has 0 aliphatic carbocycles. The molecule has 1 aliphatic rings. The highest BCUT2D eigenvalue weighted by molar-refractivity contribution is 14.0. The highest BCUT2D eigenvalue weighted by Crippen LogP contribution is 2.20. The summed E-state index contributed by atoms with van der Waals surface area (Å²) >= 11 is 0. The summed E-state index contributed by atoms with van der Waals surface area (Å²) in [4.78, 5) is 4.52. The lowest BCUT2D eigenvalue weighted by molar-refractivity contribution is 0.152. The first kappa shape index (κ1) is 24.1. The Hall–Kier alpha value is -0.910. The summed E-state index contributed by atoms with van der Waals surface area (Å²) in [5.41, 5.74) is 0.996. The molecule has 0 saturated carbocycles. The molecule has 1 aliphatic heterocycles. The highest BCUT2D eigenvalue weighted by Gasteiger charge is 2.25. The number of piperidine rings is 1. The number of aliphatic imine (C=N–C) groups is 1. The molecule has 0 aromatic heterocycles. The van der Waals surface area contributed by atoms with E-state index in [0.29, 0.717) is 50.2 Å². The topological polar surface area (TPSA) is 83.0 Å². The van der Waals surface area contributed by atoms with E-state index in [1.54, 1.807) is 23.5 Å². The number of halogens is 1. The van der Waals surface area contributed by atoms with Gasteiger partial charge in [0.2, 0.25) is 10.0 Å². The van der Waals surface area contributed by atoms with Crippen LogP contribution < -0.4 is 10.6 Å². The SMILES string of the molecule is CCOCCNC(=NC)NCc1ccc(S(=O)(=O)N2CCCCC2)cc1.I. The molecule has 1 fully saturated rings. The predicted molar refractivity (Wildman–Crippen MR) is 119 cm³/mol. The predicted octanol–water partition coefficient (Wildman–Crippen LogP) is 2.18. The van der Waals surface area contributed by atoms with Gasteiger partial charge in [-0.05, 0) is 37.5 Å². The third-order valence-corrected chi connectivity index (χ3v) is 6.22. The van der Waals surface area contributed by atoms with E-state index in [0.717, 1.165) is 24.8 Å². The van der Waals surface area contributed by atoms with Crippen molar-refractivity contribution in [3.8, 4) is 0 Å². The van der Waals surface area contributed by atoms with Crippen molar-refractivity contribution in [2.24, 2.45) is 4.99 Å². The van der Waals surface area contributed by atoms with Gasteiger partial charge in [0.25, 0.3) is 0 Å². The van der Waals surface area contributed by atoms with Crippen molar-refractivity contribution in [2.45, 2.75) is 37.6 Å². The third-order valence-electron chi connectivity index (χ3n) is 4.30. The minimum absolute atomic E-state index is 0. The van der Waals surface area contributed by atoms with E-state index in [4.69, 9.17) is 4.74 Å². The molecule has 1 aromatic rings. The second-order valence-electron chi connectivity index (χ2n) is 6.16. The fourth-order valence-corrected chi connectivity index (χ4v) is 4.34. The molecule has 9 heteroatoms. The van der Waals surface area contributed by atoms with Crippen molar-refractivity contribution in [2.75, 3.05) is 39.9 Å². The van der Waals surface area contributed by atoms with Gasteiger partial charge in [0.15, 0.2) is 5.96 Å². The molecule has 27 heavy (non-hydrogen) atoms. The number of ether oxygens (including phenoxy) is 1. The van der Waals surface area contributed by atoms with E-state index in [9.17, 15) is 8.42 Å². The molecule has 7 nitrogen and oxygen atoms in total. The average molecular weight is 510 g/mol. The van der Waals surface area contributed by atoms with Gasteiger partial charge in [-0.25, -0.2) is 8.42 Å². The lowest BCUT2D eigenvalue weighted by Crippen LogP contribution is -2.38. The Balaban J connectivity index is 0.00000364. The van der Waals surface area contributed by atoms with Crippen LogP contribution >= 0.6 is 24.0 Å². The molecular formula is C18H31IN4O3S. The summed E-state index contributed by atoms with van der Waals surface area (Å²) in [6, 6.07) is 7.06. The number of hydrogen-bond acceptors (Lipinski definition) is 4. The number of hydrogen-bond donors (Lipinski definition) is 2. The molecule has 2 rings (SSSR count). The molecule has 1 aromatic carbocycles. The van der Waals surface area contributed by atoms with Crippen molar-refractivity contribution in [3.05, 3.63) is 29.8 Å². The van der Waals surface area contributed by atoms with Gasteiger partial charge < -0.3 is 15.4 Å². The molecule has 1 heterocycles. The zero-order chi connectivity index (χ0) is 18.8. The van der Waals surface area contributed by atoms with Crippen LogP contribution in [0.15, 0.2) is 34.2 Å². The van der Waals surface area contributed by atoms with Gasteiger partial charge in [0.05, 0.1) is 11.5 Å². The normalized spacial score (nSPS) is 15.9. The Morgan fingerprint density at radius 2 is 1.81 bits per heavy atom. The van der Waals surface area contributed by atoms with Crippen LogP contribution in [0.4, 0.5) is 0 Å². The quantitative estimate of drug-likeness (QED) is 0.243. The number of guanidine groups is 1. The smallest absolute Gasteiger partial charge is 0.243 e. The summed E-state index contributed by atoms with van der Waals surface area (Å²) in [6.45, 7) is 5.77. The average Bonchev–Trinajstić information content (AvgIpc) is 2.68. The van der Waals surface area contributed by atoms with Crippen LogP contribution in [0.25, 0.3) is 0 Å². The van der Waals surface area contributed by atoms with Gasteiger partial charge in [-0.1, -0.05) is 18.6 Å². The molecule has 2 N–H and O–H groups in total. The van der Waals surface area contributed by atoms with Gasteiger partial charge in [-0.3, -0.25) is 4.99 Å². The summed E-state index contributed by atoms with van der Waals surface area (Å²) in [7, 11) is -1.66. The summed E-state index contributed by atoms with van der Waals surface area (Å²) in [6.07, 6.45) is 2.99. The highest BCUT2D eigenvalue weighted by atomic mass is 127. The van der Waals surface area contributed by atoms with Crippen molar-refractivity contribution >= 4 is 40.0 Å². The molecular weight excluding hydrogens is 479 g/mol. The van der Waals surface area contributed by atoms with Crippen LogP contribution in [0.3, 0.4) is 0 Å². The fourth-order valence-electron chi connectivity index (χ4n) is 2.83. The Labute approximate surface area is 180 Å². The van der Waals surface area contributed by atoms with Gasteiger partial charge in [0, 0.05) is 39.8 Å². The van der Waals surface area contributed by atoms with E-state index >= 15 is 0 Å². The molecule has 0 bridgehead atoms. The number of nitrogens with zero attached hydrogens (tertiary/aromatic N) is 2. The van der Waals surface area contributed by atoms with Gasteiger partial charge in [0.1, 0.15) is 0 Å². The third kappa shape index (κ3) is 7.55. The van der Waals surface area contributed by atoms with E-state index in [-0.39, 0.29) is 24.0 Å². The Kier molecular flexibility index (Phi) is 11.2. The summed E-state index contributed by atoms with van der Waals surface area (Å²) < 4.78 is 32.2. The minimum atomic E-state index is -3.37. The van der Waals surface area contributed by atoms with Gasteiger partial charge in [-0.15, -0.1) is 24.0 Å². The number of nitrogens with one attached hydrogen (secondary N) is 2. The van der Waals surface area contributed by atoms with Crippen molar-refractivity contribution in [1.82, 2.24) is 14.9 Å². The van der Waals surface area contributed by atoms with Crippen molar-refractivity contribution in [3.63, 3.8) is 0 Å². The maximum atomic E-state index is 12.7. The van der Waals surface area contributed by atoms with Crippen LogP contribution in [0, 0.1) is 0 Å². The first-order valence-electron chi connectivity index (χ1n) is 9.19. The standard InChI is InChI=1S/C18H30N4O3S.HI/c1-3-25-14-11-20-18(19-2)21-15-16-7-9-17(10-8-16)26(23,24)22-12-5-4-6-13-22;/h7-10H,3-6,11-15H2,1-2H3,(H2,19,20,21);1H. The van der Waals surface area contributed by atoms with E-state index in [1.807, 2.05) is 19.1 Å². The van der Waals surface area contributed by atoms with E-state index in [2.05, 4.69) is 15.6 Å². The molecule has 0 unspecified atom stereocenters. The fraction of sp³-hybridized carbons (Fsp3) is 0.611. The van der Waals surface area contributed by atoms with Crippen LogP contribution in [0.2, 0.25) is 0 Å². The second-order valence-corrected chi connectivity index (χ2v) is 8.10. The Morgan fingerprint density at radius 3 is 2.41 bits per heavy atom. The first-order chi connectivity index (χ1) is 12.6. The molecule has 0 spiro atoms. The number of rotatable bonds is 8. The van der Waals surface area contributed by atoms with Crippen molar-refractivity contribution in [1.29, 1.82) is 0 Å². The zero-order valence-corrected chi connectivity index (χ0v) is 19.3. The molecule has 1 saturated heterocycles. The summed E-state index contributed by atoms with van der Waals surface area (Å²) in [5, 5.41) is 6.37. The van der Waals surface area contributed by atoms with E-state index in [1.165, 1.54) is 0 Å². The van der Waals surface area contributed by atoms with Crippen molar-refractivity contribution < 1.29 is 13.2 Å². The van der Waals surface area contributed by atoms with Crippen LogP contribution in [-0.4, -0.2) is 58.6 Å². The molecule has 0 amide bonds. The number of sulfonamides is 1. The largest absolute Gasteiger partial charge is 0.380 e. The minimum Gasteiger partial charge on any atom is -0.380 e. The maximum absolute atomic E-state index is 12.7. The molecule has 154 valence electrons. The molecule has 0 radical (unpaired) electrons.